The summed E-state index contributed by atoms with van der Waals surface area (Å²) in [6.45, 7) is 6.06. The lowest BCUT2D eigenvalue weighted by Crippen LogP contribution is -1.99. The molecule has 0 spiro atoms. The van der Waals surface area contributed by atoms with Crippen molar-refractivity contribution in [2.75, 3.05) is 6.61 Å². The first kappa shape index (κ1) is 11.9. The molecule has 0 aliphatic heterocycles. The van der Waals surface area contributed by atoms with Crippen LogP contribution in [0, 0.1) is 0 Å². The molecule has 0 fully saturated rings. The molecule has 3 nitrogen and oxygen atoms in total. The van der Waals surface area contributed by atoms with Crippen LogP contribution in [0.15, 0.2) is 0 Å². The first-order valence-electron chi connectivity index (χ1n) is 3.19. The minimum absolute atomic E-state index is 0.182. The minimum Gasteiger partial charge on any atom is -0.466 e. The predicted octanol–water partition coefficient (Wildman–Crippen LogP) is 1.16. The van der Waals surface area contributed by atoms with E-state index in [1.807, 2.05) is 6.79 Å². The number of rotatable bonds is 3. The second-order valence-corrected chi connectivity index (χ2v) is 1.69. The van der Waals surface area contributed by atoms with E-state index in [9.17, 15) is 4.79 Å². The number of hydrogen-bond donors (Lipinski definition) is 0. The molecule has 0 N–H and O–H groups in total. The summed E-state index contributed by atoms with van der Waals surface area (Å²) in [5.41, 5.74) is 0. The Kier molecular flexibility index (Phi) is 13.1. The summed E-state index contributed by atoms with van der Waals surface area (Å²) in [6.07, 6.45) is 2.05. The average molecular weight is 146 g/mol. The highest BCUT2D eigenvalue weighted by atomic mass is 16.5. The molecule has 0 aromatic rings. The van der Waals surface area contributed by atoms with Crippen molar-refractivity contribution in [3.05, 3.63) is 0 Å². The fourth-order valence-electron chi connectivity index (χ4n) is 0.360. The Bertz CT molecular complexity index is 80.9. The molecule has 0 bridgehead atoms. The van der Waals surface area contributed by atoms with E-state index >= 15 is 0 Å². The van der Waals surface area contributed by atoms with Gasteiger partial charge in [0.1, 0.15) is 6.79 Å². The van der Waals surface area contributed by atoms with Crippen LogP contribution in [0.1, 0.15) is 26.7 Å². The zero-order chi connectivity index (χ0) is 8.41. The molecule has 0 aromatic heterocycles. The summed E-state index contributed by atoms with van der Waals surface area (Å²) in [4.78, 5) is 18.1. The van der Waals surface area contributed by atoms with Gasteiger partial charge < -0.3 is 9.53 Å². The largest absolute Gasteiger partial charge is 0.466 e. The summed E-state index contributed by atoms with van der Waals surface area (Å²) in [5.74, 6) is -0.182. The lowest BCUT2D eigenvalue weighted by atomic mass is 10.4. The van der Waals surface area contributed by atoms with Gasteiger partial charge in [-0.25, -0.2) is 0 Å². The molecular formula is C7H14O3. The summed E-state index contributed by atoms with van der Waals surface area (Å²) in [7, 11) is 0. The van der Waals surface area contributed by atoms with Gasteiger partial charge in [0.25, 0.3) is 0 Å². The standard InChI is InChI=1S/C6H12O2.CH2O/c1-3-4-5-8-6(2)7;1-2/h3-5H2,1-2H3;1H2. The van der Waals surface area contributed by atoms with Gasteiger partial charge in [0.2, 0.25) is 0 Å². The molecule has 0 rings (SSSR count). The topological polar surface area (TPSA) is 43.4 Å². The van der Waals surface area contributed by atoms with Crippen LogP contribution in [0.2, 0.25) is 0 Å². The maximum atomic E-state index is 10.1. The van der Waals surface area contributed by atoms with Crippen LogP contribution >= 0.6 is 0 Å². The Labute approximate surface area is 61.4 Å². The van der Waals surface area contributed by atoms with Crippen molar-refractivity contribution < 1.29 is 14.3 Å². The van der Waals surface area contributed by atoms with Gasteiger partial charge in [-0.05, 0) is 6.42 Å². The molecule has 0 aliphatic carbocycles. The average Bonchev–Trinajstić information content (AvgIpc) is 1.92. The molecular weight excluding hydrogens is 132 g/mol. The Morgan fingerprint density at radius 1 is 1.50 bits per heavy atom. The first-order chi connectivity index (χ1) is 4.77. The van der Waals surface area contributed by atoms with Gasteiger partial charge >= 0.3 is 5.97 Å². The summed E-state index contributed by atoms with van der Waals surface area (Å²) < 4.78 is 4.64. The summed E-state index contributed by atoms with van der Waals surface area (Å²) in [5, 5.41) is 0. The van der Waals surface area contributed by atoms with E-state index in [1.54, 1.807) is 0 Å². The van der Waals surface area contributed by atoms with Crippen LogP contribution in [0.5, 0.6) is 0 Å². The molecule has 0 heterocycles. The van der Waals surface area contributed by atoms with E-state index in [0.717, 1.165) is 12.8 Å². The van der Waals surface area contributed by atoms with Gasteiger partial charge in [-0.1, -0.05) is 13.3 Å². The third kappa shape index (κ3) is 15.7. The molecule has 0 saturated carbocycles. The van der Waals surface area contributed by atoms with Gasteiger partial charge in [-0.2, -0.15) is 0 Å². The summed E-state index contributed by atoms with van der Waals surface area (Å²) >= 11 is 0. The maximum absolute atomic E-state index is 10.1. The Morgan fingerprint density at radius 3 is 2.30 bits per heavy atom. The number of unbranched alkanes of at least 4 members (excludes halogenated alkanes) is 1. The van der Waals surface area contributed by atoms with Crippen molar-refractivity contribution >= 4 is 12.8 Å². The van der Waals surface area contributed by atoms with Gasteiger partial charge in [0, 0.05) is 6.92 Å². The van der Waals surface area contributed by atoms with Crippen molar-refractivity contribution in [3.8, 4) is 0 Å². The zero-order valence-electron chi connectivity index (χ0n) is 6.55. The third-order valence-corrected chi connectivity index (χ3v) is 0.803. The highest BCUT2D eigenvalue weighted by molar-refractivity contribution is 5.65. The third-order valence-electron chi connectivity index (χ3n) is 0.803. The SMILES string of the molecule is C=O.CCCCOC(C)=O. The normalized spacial score (nSPS) is 7.40. The predicted molar refractivity (Wildman–Crippen MR) is 38.7 cm³/mol. The van der Waals surface area contributed by atoms with Crippen molar-refractivity contribution in [1.82, 2.24) is 0 Å². The molecule has 0 radical (unpaired) electrons. The molecule has 0 atom stereocenters. The monoisotopic (exact) mass is 146 g/mol. The van der Waals surface area contributed by atoms with Crippen molar-refractivity contribution in [3.63, 3.8) is 0 Å². The van der Waals surface area contributed by atoms with Gasteiger partial charge in [-0.3, -0.25) is 4.79 Å². The van der Waals surface area contributed by atoms with Crippen molar-refractivity contribution in [2.24, 2.45) is 0 Å². The molecule has 0 aliphatic rings. The highest BCUT2D eigenvalue weighted by Gasteiger charge is 1.88. The van der Waals surface area contributed by atoms with Crippen LogP contribution in [-0.2, 0) is 14.3 Å². The van der Waals surface area contributed by atoms with Crippen LogP contribution in [-0.4, -0.2) is 19.4 Å². The molecule has 60 valence electrons. The van der Waals surface area contributed by atoms with E-state index < -0.39 is 0 Å². The van der Waals surface area contributed by atoms with Crippen LogP contribution < -0.4 is 0 Å². The number of carbonyl (C=O) groups excluding carboxylic acids is 2. The van der Waals surface area contributed by atoms with Crippen LogP contribution in [0.3, 0.4) is 0 Å². The lowest BCUT2D eigenvalue weighted by Gasteiger charge is -1.96. The molecule has 0 amide bonds. The molecule has 0 unspecified atom stereocenters. The fourth-order valence-corrected chi connectivity index (χ4v) is 0.360. The highest BCUT2D eigenvalue weighted by Crippen LogP contribution is 1.86. The lowest BCUT2D eigenvalue weighted by molar-refractivity contribution is -0.141. The van der Waals surface area contributed by atoms with Crippen LogP contribution in [0.4, 0.5) is 0 Å². The molecule has 3 heteroatoms. The number of ether oxygens (including phenoxy) is 1. The van der Waals surface area contributed by atoms with E-state index in [0.29, 0.717) is 6.61 Å². The summed E-state index contributed by atoms with van der Waals surface area (Å²) in [6, 6.07) is 0. The van der Waals surface area contributed by atoms with Gasteiger partial charge in [0.15, 0.2) is 0 Å². The molecule has 0 aromatic carbocycles. The van der Waals surface area contributed by atoms with Gasteiger partial charge in [-0.15, -0.1) is 0 Å². The second-order valence-electron chi connectivity index (χ2n) is 1.69. The minimum atomic E-state index is -0.182. The van der Waals surface area contributed by atoms with E-state index in [2.05, 4.69) is 11.7 Å². The fraction of sp³-hybridized carbons (Fsp3) is 0.714. The Balaban J connectivity index is 0. The van der Waals surface area contributed by atoms with E-state index in [4.69, 9.17) is 4.79 Å². The van der Waals surface area contributed by atoms with E-state index in [1.165, 1.54) is 6.92 Å². The quantitative estimate of drug-likeness (QED) is 0.443. The van der Waals surface area contributed by atoms with Crippen LogP contribution in [0.25, 0.3) is 0 Å². The smallest absolute Gasteiger partial charge is 0.302 e. The van der Waals surface area contributed by atoms with Crippen molar-refractivity contribution in [2.45, 2.75) is 26.7 Å². The molecule has 10 heavy (non-hydrogen) atoms. The van der Waals surface area contributed by atoms with E-state index in [-0.39, 0.29) is 5.97 Å². The number of carbonyl (C=O) groups is 2. The number of hydrogen-bond acceptors (Lipinski definition) is 3. The van der Waals surface area contributed by atoms with Crippen molar-refractivity contribution in [1.29, 1.82) is 0 Å². The Morgan fingerprint density at radius 2 is 2.00 bits per heavy atom. The maximum Gasteiger partial charge on any atom is 0.302 e. The number of esters is 1. The Hall–Kier alpha value is -0.860. The first-order valence-corrected chi connectivity index (χ1v) is 3.19. The molecule has 0 saturated heterocycles. The van der Waals surface area contributed by atoms with Gasteiger partial charge in [0.05, 0.1) is 6.61 Å². The zero-order valence-corrected chi connectivity index (χ0v) is 6.55. The second kappa shape index (κ2) is 11.0.